The van der Waals surface area contributed by atoms with E-state index in [9.17, 15) is 31.1 Å². The van der Waals surface area contributed by atoms with E-state index >= 15 is 0 Å². The van der Waals surface area contributed by atoms with E-state index in [0.717, 1.165) is 23.4 Å². The van der Waals surface area contributed by atoms with Crippen LogP contribution in [0, 0.1) is 0 Å². The van der Waals surface area contributed by atoms with Crippen LogP contribution < -0.4 is 20.1 Å². The Morgan fingerprint density at radius 1 is 0.851 bits per heavy atom. The number of amides is 2. The highest BCUT2D eigenvalue weighted by Crippen LogP contribution is 2.35. The molecule has 2 amide bonds. The SMILES string of the molecule is COc1ccn2ncc(-c3ccc(Oc4ncc(NC(=O)Nc5cc(C(F)(F)F)ccc5-n5ccc(C(F)(F)F)n5)cn4)cc3)c2n1. The number of halogens is 6. The second kappa shape index (κ2) is 12.0. The van der Waals surface area contributed by atoms with Crippen LogP contribution in [-0.2, 0) is 12.4 Å². The summed E-state index contributed by atoms with van der Waals surface area (Å²) in [5, 5.41) is 12.2. The number of anilines is 2. The molecule has 2 aromatic carbocycles. The Labute approximate surface area is 259 Å². The van der Waals surface area contributed by atoms with Gasteiger partial charge in [0, 0.05) is 24.0 Å². The third-order valence-electron chi connectivity index (χ3n) is 6.51. The summed E-state index contributed by atoms with van der Waals surface area (Å²) in [6, 6.07) is 10.2. The maximum Gasteiger partial charge on any atom is 0.435 e. The van der Waals surface area contributed by atoms with Gasteiger partial charge in [-0.1, -0.05) is 12.1 Å². The van der Waals surface area contributed by atoms with Gasteiger partial charge in [-0.3, -0.25) is 0 Å². The number of benzene rings is 2. The van der Waals surface area contributed by atoms with Crippen LogP contribution in [0.1, 0.15) is 11.3 Å². The molecule has 0 aliphatic rings. The van der Waals surface area contributed by atoms with E-state index in [-0.39, 0.29) is 17.4 Å². The van der Waals surface area contributed by atoms with Crippen molar-refractivity contribution >= 4 is 23.1 Å². The normalized spacial score (nSPS) is 11.8. The van der Waals surface area contributed by atoms with Gasteiger partial charge in [0.2, 0.25) is 5.88 Å². The molecule has 240 valence electrons. The molecule has 6 rings (SSSR count). The summed E-state index contributed by atoms with van der Waals surface area (Å²) < 4.78 is 92.4. The van der Waals surface area contributed by atoms with E-state index in [2.05, 4.69) is 35.8 Å². The zero-order chi connectivity index (χ0) is 33.3. The van der Waals surface area contributed by atoms with Crippen molar-refractivity contribution < 1.29 is 40.6 Å². The summed E-state index contributed by atoms with van der Waals surface area (Å²) >= 11 is 0. The first kappa shape index (κ1) is 30.8. The van der Waals surface area contributed by atoms with Crippen LogP contribution in [-0.4, -0.2) is 47.5 Å². The number of hydrogen-bond acceptors (Lipinski definition) is 8. The van der Waals surface area contributed by atoms with Gasteiger partial charge in [0.05, 0.1) is 48.3 Å². The number of ether oxygens (including phenoxy) is 2. The van der Waals surface area contributed by atoms with Crippen molar-refractivity contribution in [2.24, 2.45) is 0 Å². The summed E-state index contributed by atoms with van der Waals surface area (Å²) in [5.41, 5.74) is -0.931. The van der Waals surface area contributed by atoms with E-state index in [1.54, 1.807) is 47.2 Å². The third kappa shape index (κ3) is 6.75. The summed E-state index contributed by atoms with van der Waals surface area (Å²) in [7, 11) is 1.51. The summed E-state index contributed by atoms with van der Waals surface area (Å²) in [5.74, 6) is 0.822. The number of nitrogens with one attached hydrogen (secondary N) is 2. The Hall–Kier alpha value is -6.20. The molecule has 0 bridgehead atoms. The zero-order valence-electron chi connectivity index (χ0n) is 23.7. The zero-order valence-corrected chi connectivity index (χ0v) is 23.7. The van der Waals surface area contributed by atoms with Gasteiger partial charge in [-0.15, -0.1) is 0 Å². The average molecular weight is 656 g/mol. The molecule has 18 heteroatoms. The van der Waals surface area contributed by atoms with Crippen LogP contribution in [0.25, 0.3) is 22.5 Å². The molecule has 4 heterocycles. The number of nitrogens with zero attached hydrogens (tertiary/aromatic N) is 7. The van der Waals surface area contributed by atoms with Crippen molar-refractivity contribution in [2.45, 2.75) is 12.4 Å². The molecular weight excluding hydrogens is 636 g/mol. The van der Waals surface area contributed by atoms with Gasteiger partial charge in [0.15, 0.2) is 11.3 Å². The molecule has 0 aliphatic heterocycles. The van der Waals surface area contributed by atoms with E-state index in [1.807, 2.05) is 0 Å². The Balaban J connectivity index is 1.13. The number of aromatic nitrogens is 7. The second-order valence-corrected chi connectivity index (χ2v) is 9.63. The molecule has 0 atom stereocenters. The predicted octanol–water partition coefficient (Wildman–Crippen LogP) is 6.85. The Kier molecular flexibility index (Phi) is 7.84. The highest BCUT2D eigenvalue weighted by atomic mass is 19.4. The lowest BCUT2D eigenvalue weighted by atomic mass is 10.1. The van der Waals surface area contributed by atoms with Crippen molar-refractivity contribution in [1.29, 1.82) is 0 Å². The quantitative estimate of drug-likeness (QED) is 0.178. The van der Waals surface area contributed by atoms with Crippen molar-refractivity contribution in [1.82, 2.24) is 34.3 Å². The maximum atomic E-state index is 13.4. The van der Waals surface area contributed by atoms with E-state index in [1.165, 1.54) is 19.5 Å². The molecule has 4 aromatic heterocycles. The van der Waals surface area contributed by atoms with Gasteiger partial charge < -0.3 is 20.1 Å². The fourth-order valence-corrected chi connectivity index (χ4v) is 4.32. The topological polar surface area (TPSA) is 133 Å². The number of alkyl halides is 6. The molecule has 2 N–H and O–H groups in total. The summed E-state index contributed by atoms with van der Waals surface area (Å²) in [6.07, 6.45) is -2.92. The van der Waals surface area contributed by atoms with Crippen LogP contribution in [0.5, 0.6) is 17.6 Å². The van der Waals surface area contributed by atoms with Gasteiger partial charge in [-0.25, -0.2) is 24.0 Å². The average Bonchev–Trinajstić information content (AvgIpc) is 3.70. The monoisotopic (exact) mass is 655 g/mol. The smallest absolute Gasteiger partial charge is 0.435 e. The number of hydrogen-bond donors (Lipinski definition) is 2. The van der Waals surface area contributed by atoms with Crippen LogP contribution in [0.15, 0.2) is 85.6 Å². The minimum absolute atomic E-state index is 0.0354. The fraction of sp³-hybridized carbons (Fsp3) is 0.103. The van der Waals surface area contributed by atoms with Crippen LogP contribution in [0.4, 0.5) is 42.5 Å². The lowest BCUT2D eigenvalue weighted by molar-refractivity contribution is -0.141. The Morgan fingerprint density at radius 2 is 1.60 bits per heavy atom. The van der Waals surface area contributed by atoms with Gasteiger partial charge >= 0.3 is 24.4 Å². The molecule has 0 radical (unpaired) electrons. The minimum Gasteiger partial charge on any atom is -0.481 e. The molecule has 0 saturated heterocycles. The fourth-order valence-electron chi connectivity index (χ4n) is 4.32. The van der Waals surface area contributed by atoms with Crippen molar-refractivity contribution in [3.05, 3.63) is 96.8 Å². The van der Waals surface area contributed by atoms with Crippen LogP contribution in [0.3, 0.4) is 0 Å². The number of carbonyl (C=O) groups is 1. The van der Waals surface area contributed by atoms with Gasteiger partial charge in [-0.05, 0) is 42.0 Å². The lowest BCUT2D eigenvalue weighted by Crippen LogP contribution is -2.21. The number of rotatable bonds is 7. The van der Waals surface area contributed by atoms with E-state index in [0.29, 0.717) is 40.2 Å². The van der Waals surface area contributed by atoms with E-state index < -0.39 is 35.3 Å². The molecule has 6 aromatic rings. The molecule has 12 nitrogen and oxygen atoms in total. The number of fused-ring (bicyclic) bond motifs is 1. The van der Waals surface area contributed by atoms with Crippen molar-refractivity contribution in [3.63, 3.8) is 0 Å². The lowest BCUT2D eigenvalue weighted by Gasteiger charge is -2.15. The van der Waals surface area contributed by atoms with Gasteiger partial charge in [0.1, 0.15) is 5.75 Å². The third-order valence-corrected chi connectivity index (χ3v) is 6.51. The van der Waals surface area contributed by atoms with Gasteiger partial charge in [-0.2, -0.15) is 41.5 Å². The molecule has 47 heavy (non-hydrogen) atoms. The highest BCUT2D eigenvalue weighted by Gasteiger charge is 2.34. The van der Waals surface area contributed by atoms with Crippen molar-refractivity contribution in [3.8, 4) is 34.5 Å². The molecule has 0 spiro atoms. The second-order valence-electron chi connectivity index (χ2n) is 9.63. The van der Waals surface area contributed by atoms with Gasteiger partial charge in [0.25, 0.3) is 0 Å². The largest absolute Gasteiger partial charge is 0.481 e. The number of carbonyl (C=O) groups excluding carboxylic acids is 1. The van der Waals surface area contributed by atoms with Crippen LogP contribution >= 0.6 is 0 Å². The summed E-state index contributed by atoms with van der Waals surface area (Å²) in [4.78, 5) is 25.2. The van der Waals surface area contributed by atoms with E-state index in [4.69, 9.17) is 9.47 Å². The Bertz CT molecular complexity index is 2060. The van der Waals surface area contributed by atoms with Crippen LogP contribution in [0.2, 0.25) is 0 Å². The summed E-state index contributed by atoms with van der Waals surface area (Å²) in [6.45, 7) is 0. The minimum atomic E-state index is -4.80. The first-order chi connectivity index (χ1) is 22.4. The number of urea groups is 1. The molecular formula is C29H19F6N9O3. The molecule has 0 unspecified atom stereocenters. The first-order valence-electron chi connectivity index (χ1n) is 13.3. The highest BCUT2D eigenvalue weighted by molar-refractivity contribution is 6.00. The van der Waals surface area contributed by atoms with Crippen molar-refractivity contribution in [2.75, 3.05) is 17.7 Å². The number of methoxy groups -OCH3 is 1. The Morgan fingerprint density at radius 3 is 2.26 bits per heavy atom. The first-order valence-corrected chi connectivity index (χ1v) is 13.3. The predicted molar refractivity (Wildman–Crippen MR) is 153 cm³/mol. The standard InChI is InChI=1S/C29H19F6N9O3/c1-46-24-9-11-44-25(41-24)20(15-38-44)16-2-5-19(6-3-16)47-27-36-13-18(14-37-27)39-26(45)40-21-12-17(28(30,31)32)4-7-22(21)43-10-8-23(42-43)29(33,34)35/h2-15H,1H3,(H2,39,40,45). The molecule has 0 fully saturated rings. The maximum absolute atomic E-state index is 13.4. The molecule has 0 aliphatic carbocycles. The molecule has 0 saturated carbocycles.